The average Bonchev–Trinajstić information content (AvgIpc) is 2.92. The van der Waals surface area contributed by atoms with Crippen molar-refractivity contribution in [2.24, 2.45) is 0 Å². The van der Waals surface area contributed by atoms with Crippen molar-refractivity contribution in [2.45, 2.75) is 13.2 Å². The molecular weight excluding hydrogens is 286 g/mol. The topological polar surface area (TPSA) is 82.2 Å². The summed E-state index contributed by atoms with van der Waals surface area (Å²) in [6.07, 6.45) is 5.00. The highest BCUT2D eigenvalue weighted by atomic mass is 19.3. The molecule has 7 nitrogen and oxygen atoms in total. The number of imidazole rings is 1. The lowest BCUT2D eigenvalue weighted by atomic mass is 10.2. The zero-order valence-corrected chi connectivity index (χ0v) is 10.8. The monoisotopic (exact) mass is 298 g/mol. The normalized spacial score (nSPS) is 10.6. The van der Waals surface area contributed by atoms with Crippen LogP contribution < -0.4 is 10.1 Å². The average molecular weight is 298 g/mol. The summed E-state index contributed by atoms with van der Waals surface area (Å²) in [5.74, 6) is -0.259. The minimum absolute atomic E-state index is 0.259. The number of nitrogens with one attached hydrogen (secondary N) is 1. The number of aromatic nitrogens is 2. The summed E-state index contributed by atoms with van der Waals surface area (Å²) in [4.78, 5) is 13.9. The second-order valence-electron chi connectivity index (χ2n) is 4.04. The van der Waals surface area contributed by atoms with E-state index in [2.05, 4.69) is 15.0 Å². The van der Waals surface area contributed by atoms with Crippen LogP contribution in [0.15, 0.2) is 36.9 Å². The first-order chi connectivity index (χ1) is 10.1. The van der Waals surface area contributed by atoms with Gasteiger partial charge in [-0.25, -0.2) is 4.98 Å². The van der Waals surface area contributed by atoms with Crippen LogP contribution in [-0.4, -0.2) is 27.6 Å². The number of hydrogen-bond acceptors (Lipinski definition) is 5. The number of benzene rings is 1. The maximum atomic E-state index is 12.3. The molecule has 0 fully saturated rings. The van der Waals surface area contributed by atoms with Crippen LogP contribution in [0.4, 0.5) is 20.2 Å². The molecule has 2 aromatic rings. The number of alkyl halides is 2. The highest BCUT2D eigenvalue weighted by molar-refractivity contribution is 5.60. The van der Waals surface area contributed by atoms with E-state index in [9.17, 15) is 18.9 Å². The van der Waals surface area contributed by atoms with Gasteiger partial charge in [-0.05, 0) is 6.07 Å². The first-order valence-electron chi connectivity index (χ1n) is 5.99. The van der Waals surface area contributed by atoms with Crippen LogP contribution in [0.1, 0.15) is 0 Å². The van der Waals surface area contributed by atoms with Crippen molar-refractivity contribution in [1.82, 2.24) is 9.55 Å². The number of anilines is 1. The molecule has 0 spiro atoms. The molecule has 1 N–H and O–H groups in total. The number of nitrogens with zero attached hydrogens (tertiary/aromatic N) is 3. The van der Waals surface area contributed by atoms with E-state index in [1.165, 1.54) is 12.1 Å². The Labute approximate surface area is 118 Å². The molecule has 0 amide bonds. The Morgan fingerprint density at radius 2 is 2.29 bits per heavy atom. The molecule has 21 heavy (non-hydrogen) atoms. The van der Waals surface area contributed by atoms with E-state index in [1.807, 2.05) is 0 Å². The Morgan fingerprint density at radius 1 is 1.48 bits per heavy atom. The summed E-state index contributed by atoms with van der Waals surface area (Å²) in [7, 11) is 0. The van der Waals surface area contributed by atoms with Gasteiger partial charge in [0.05, 0.1) is 23.0 Å². The van der Waals surface area contributed by atoms with Gasteiger partial charge >= 0.3 is 6.61 Å². The van der Waals surface area contributed by atoms with Crippen molar-refractivity contribution < 1.29 is 18.4 Å². The second kappa shape index (κ2) is 6.64. The minimum atomic E-state index is -3.05. The molecule has 0 saturated carbocycles. The van der Waals surface area contributed by atoms with Crippen molar-refractivity contribution in [3.63, 3.8) is 0 Å². The largest absolute Gasteiger partial charge is 0.432 e. The van der Waals surface area contributed by atoms with Crippen molar-refractivity contribution in [3.8, 4) is 5.75 Å². The number of hydrogen-bond donors (Lipinski definition) is 1. The lowest BCUT2D eigenvalue weighted by Gasteiger charge is -2.12. The van der Waals surface area contributed by atoms with Crippen molar-refractivity contribution in [1.29, 1.82) is 0 Å². The van der Waals surface area contributed by atoms with E-state index < -0.39 is 11.5 Å². The lowest BCUT2D eigenvalue weighted by Crippen LogP contribution is -2.11. The number of non-ortho nitro benzene ring substituents is 1. The summed E-state index contributed by atoms with van der Waals surface area (Å²) in [6, 6.07) is 3.52. The zero-order valence-electron chi connectivity index (χ0n) is 10.8. The van der Waals surface area contributed by atoms with Crippen molar-refractivity contribution >= 4 is 11.4 Å². The van der Waals surface area contributed by atoms with Gasteiger partial charge in [-0.3, -0.25) is 10.1 Å². The molecule has 0 unspecified atom stereocenters. The number of ether oxygens (including phenoxy) is 1. The molecule has 1 aromatic heterocycles. The van der Waals surface area contributed by atoms with E-state index in [0.717, 1.165) is 6.07 Å². The summed E-state index contributed by atoms with van der Waals surface area (Å²) >= 11 is 0. The maximum absolute atomic E-state index is 12.3. The van der Waals surface area contributed by atoms with Crippen LogP contribution in [0.25, 0.3) is 0 Å². The Bertz CT molecular complexity index is 605. The maximum Gasteiger partial charge on any atom is 0.387 e. The number of nitro groups is 1. The molecule has 0 saturated heterocycles. The third-order valence-electron chi connectivity index (χ3n) is 2.64. The van der Waals surface area contributed by atoms with E-state index in [0.29, 0.717) is 13.1 Å². The molecule has 0 aliphatic heterocycles. The highest BCUT2D eigenvalue weighted by Gasteiger charge is 2.15. The lowest BCUT2D eigenvalue weighted by molar-refractivity contribution is -0.385. The zero-order chi connectivity index (χ0) is 15.2. The molecule has 1 heterocycles. The Kier molecular flexibility index (Phi) is 4.64. The predicted octanol–water partition coefficient (Wildman–Crippen LogP) is 2.50. The number of rotatable bonds is 7. The highest BCUT2D eigenvalue weighted by Crippen LogP contribution is 2.30. The number of nitro benzene ring substituents is 1. The first-order valence-corrected chi connectivity index (χ1v) is 5.99. The molecule has 0 atom stereocenters. The molecule has 2 rings (SSSR count). The van der Waals surface area contributed by atoms with Crippen LogP contribution in [0.2, 0.25) is 0 Å². The molecule has 0 bridgehead atoms. The molecule has 112 valence electrons. The van der Waals surface area contributed by atoms with E-state index in [-0.39, 0.29) is 17.1 Å². The van der Waals surface area contributed by atoms with Gasteiger partial charge in [0.2, 0.25) is 0 Å². The second-order valence-corrected chi connectivity index (χ2v) is 4.04. The van der Waals surface area contributed by atoms with Crippen LogP contribution >= 0.6 is 0 Å². The smallest absolute Gasteiger partial charge is 0.387 e. The summed E-state index contributed by atoms with van der Waals surface area (Å²) < 4.78 is 30.8. The fraction of sp³-hybridized carbons (Fsp3) is 0.250. The van der Waals surface area contributed by atoms with Gasteiger partial charge < -0.3 is 14.6 Å². The van der Waals surface area contributed by atoms with Gasteiger partial charge in [0, 0.05) is 31.5 Å². The quantitative estimate of drug-likeness (QED) is 0.627. The van der Waals surface area contributed by atoms with Crippen LogP contribution in [0.5, 0.6) is 5.75 Å². The Hall–Kier alpha value is -2.71. The molecule has 1 aromatic carbocycles. The van der Waals surface area contributed by atoms with Gasteiger partial charge in [-0.1, -0.05) is 0 Å². The predicted molar refractivity (Wildman–Crippen MR) is 70.4 cm³/mol. The van der Waals surface area contributed by atoms with Gasteiger partial charge in [0.1, 0.15) is 0 Å². The van der Waals surface area contributed by atoms with Gasteiger partial charge in [0.25, 0.3) is 5.69 Å². The van der Waals surface area contributed by atoms with E-state index >= 15 is 0 Å². The number of halogens is 2. The fourth-order valence-electron chi connectivity index (χ4n) is 1.70. The van der Waals surface area contributed by atoms with Crippen LogP contribution in [-0.2, 0) is 6.54 Å². The van der Waals surface area contributed by atoms with Crippen LogP contribution in [0, 0.1) is 10.1 Å². The molecule has 0 aliphatic rings. The summed E-state index contributed by atoms with van der Waals surface area (Å²) in [5.41, 5.74) is -0.0492. The first kappa shape index (κ1) is 14.7. The molecule has 0 radical (unpaired) electrons. The van der Waals surface area contributed by atoms with Gasteiger partial charge in [-0.15, -0.1) is 0 Å². The van der Waals surface area contributed by atoms with Crippen molar-refractivity contribution in [2.75, 3.05) is 11.9 Å². The van der Waals surface area contributed by atoms with Gasteiger partial charge in [0.15, 0.2) is 5.75 Å². The van der Waals surface area contributed by atoms with E-state index in [1.54, 1.807) is 23.3 Å². The SMILES string of the molecule is O=[N+]([O-])c1ccc(NCCn2ccnc2)c(OC(F)F)c1. The third-order valence-corrected chi connectivity index (χ3v) is 2.64. The Morgan fingerprint density at radius 3 is 2.90 bits per heavy atom. The van der Waals surface area contributed by atoms with Crippen LogP contribution in [0.3, 0.4) is 0 Å². The Balaban J connectivity index is 2.07. The standard InChI is InChI=1S/C12H12F2N4O3/c13-12(14)21-11-7-9(18(19)20)1-2-10(11)16-4-6-17-5-3-15-8-17/h1-3,5,7-8,12,16H,4,6H2. The van der Waals surface area contributed by atoms with Gasteiger partial charge in [-0.2, -0.15) is 8.78 Å². The summed E-state index contributed by atoms with van der Waals surface area (Å²) in [6.45, 7) is -2.07. The third kappa shape index (κ3) is 4.13. The minimum Gasteiger partial charge on any atom is -0.432 e. The molecular formula is C12H12F2N4O3. The summed E-state index contributed by atoms with van der Waals surface area (Å²) in [5, 5.41) is 13.5. The van der Waals surface area contributed by atoms with E-state index in [4.69, 9.17) is 0 Å². The fourth-order valence-corrected chi connectivity index (χ4v) is 1.70. The molecule has 0 aliphatic carbocycles. The van der Waals surface area contributed by atoms with Crippen molar-refractivity contribution in [3.05, 3.63) is 47.0 Å². The molecule has 9 heteroatoms.